The summed E-state index contributed by atoms with van der Waals surface area (Å²) in [7, 11) is 0. The summed E-state index contributed by atoms with van der Waals surface area (Å²) in [5, 5.41) is 9.28. The highest BCUT2D eigenvalue weighted by molar-refractivity contribution is 5.92. The minimum absolute atomic E-state index is 0.120. The number of hydrogen-bond acceptors (Lipinski definition) is 12. The Hall–Kier alpha value is -6.24. The van der Waals surface area contributed by atoms with Crippen LogP contribution in [0.5, 0.6) is 23.0 Å². The van der Waals surface area contributed by atoms with Crippen molar-refractivity contribution in [2.75, 3.05) is 33.0 Å². The van der Waals surface area contributed by atoms with Gasteiger partial charge in [0.1, 0.15) is 23.0 Å². The summed E-state index contributed by atoms with van der Waals surface area (Å²) >= 11 is 0. The van der Waals surface area contributed by atoms with E-state index in [4.69, 9.17) is 33.2 Å². The minimum atomic E-state index is -0.997. The largest absolute Gasteiger partial charge is 0.494 e. The van der Waals surface area contributed by atoms with E-state index in [2.05, 4.69) is 13.2 Å². The Bertz CT molecular complexity index is 1800. The van der Waals surface area contributed by atoms with Gasteiger partial charge in [-0.2, -0.15) is 0 Å². The van der Waals surface area contributed by atoms with Gasteiger partial charge >= 0.3 is 23.9 Å². The standard InChI is InChI=1S/C41H40O12/c1-3-37(42)49-26-5-24-47-33-17-9-31(10-18-33)40(45)52-35-15-7-29(8-16-35)23-28-51-39(44)30-13-21-36(22-14-30)53-41(46)32-11-19-34(20-12-32)48-25-6-27-50-38(43)4-2/h3-4,7-22,37,42H,1-2,5-6,23-28H2. The molecule has 12 nitrogen and oxygen atoms in total. The highest BCUT2D eigenvalue weighted by Crippen LogP contribution is 2.19. The lowest BCUT2D eigenvalue weighted by Gasteiger charge is -2.10. The second kappa shape index (κ2) is 21.2. The van der Waals surface area contributed by atoms with Crippen LogP contribution >= 0.6 is 0 Å². The third-order valence-electron chi connectivity index (χ3n) is 7.25. The smallest absolute Gasteiger partial charge is 0.343 e. The molecule has 0 aromatic heterocycles. The number of esters is 4. The van der Waals surface area contributed by atoms with Gasteiger partial charge in [0.15, 0.2) is 6.29 Å². The first-order valence-corrected chi connectivity index (χ1v) is 16.7. The topological polar surface area (TPSA) is 153 Å². The lowest BCUT2D eigenvalue weighted by atomic mass is 10.1. The van der Waals surface area contributed by atoms with E-state index < -0.39 is 30.2 Å². The monoisotopic (exact) mass is 724 g/mol. The molecule has 0 heterocycles. The van der Waals surface area contributed by atoms with Crippen LogP contribution in [-0.2, 0) is 25.4 Å². The van der Waals surface area contributed by atoms with Gasteiger partial charge in [-0.15, -0.1) is 0 Å². The van der Waals surface area contributed by atoms with Crippen LogP contribution in [0.3, 0.4) is 0 Å². The Morgan fingerprint density at radius 1 is 0.547 bits per heavy atom. The number of aliphatic hydroxyl groups is 1. The minimum Gasteiger partial charge on any atom is -0.494 e. The van der Waals surface area contributed by atoms with E-state index in [0.717, 1.165) is 11.6 Å². The Labute approximate surface area is 307 Å². The number of rotatable bonds is 21. The van der Waals surface area contributed by atoms with Gasteiger partial charge in [0, 0.05) is 25.3 Å². The van der Waals surface area contributed by atoms with E-state index in [1.807, 2.05) is 0 Å². The van der Waals surface area contributed by atoms with E-state index in [0.29, 0.717) is 73.0 Å². The molecule has 4 aromatic rings. The van der Waals surface area contributed by atoms with Crippen molar-refractivity contribution in [1.82, 2.24) is 0 Å². The third-order valence-corrected chi connectivity index (χ3v) is 7.25. The van der Waals surface area contributed by atoms with Gasteiger partial charge in [-0.1, -0.05) is 25.3 Å². The molecule has 1 unspecified atom stereocenters. The molecule has 0 saturated carbocycles. The molecule has 0 spiro atoms. The van der Waals surface area contributed by atoms with Gasteiger partial charge in [0.05, 0.1) is 49.7 Å². The quantitative estimate of drug-likeness (QED) is 0.0256. The van der Waals surface area contributed by atoms with E-state index >= 15 is 0 Å². The molecule has 4 aromatic carbocycles. The fourth-order valence-corrected chi connectivity index (χ4v) is 4.44. The van der Waals surface area contributed by atoms with Crippen LogP contribution in [0, 0.1) is 0 Å². The fraction of sp³-hybridized carbons (Fsp3) is 0.220. The Morgan fingerprint density at radius 2 is 1.00 bits per heavy atom. The zero-order valence-electron chi connectivity index (χ0n) is 29.0. The van der Waals surface area contributed by atoms with Crippen LogP contribution in [-0.4, -0.2) is 68.3 Å². The molecule has 1 N–H and O–H groups in total. The zero-order chi connectivity index (χ0) is 37.8. The molecule has 0 aliphatic rings. The van der Waals surface area contributed by atoms with Crippen molar-refractivity contribution in [2.24, 2.45) is 0 Å². The first-order chi connectivity index (χ1) is 25.7. The highest BCUT2D eigenvalue weighted by Gasteiger charge is 2.13. The summed E-state index contributed by atoms with van der Waals surface area (Å²) in [6.07, 6.45) is 2.90. The van der Waals surface area contributed by atoms with E-state index in [-0.39, 0.29) is 19.0 Å². The zero-order valence-corrected chi connectivity index (χ0v) is 29.0. The number of ether oxygens (including phenoxy) is 7. The summed E-state index contributed by atoms with van der Waals surface area (Å²) in [5.41, 5.74) is 1.83. The number of carbonyl (C=O) groups is 4. The van der Waals surface area contributed by atoms with Crippen molar-refractivity contribution in [3.05, 3.63) is 145 Å². The molecule has 0 amide bonds. The van der Waals surface area contributed by atoms with E-state index in [9.17, 15) is 24.3 Å². The molecular formula is C41H40O12. The molecule has 0 saturated heterocycles. The summed E-state index contributed by atoms with van der Waals surface area (Å²) in [6.45, 7) is 8.11. The second-order valence-electron chi connectivity index (χ2n) is 11.2. The molecule has 0 radical (unpaired) electrons. The maximum atomic E-state index is 12.6. The number of benzene rings is 4. The molecule has 0 aliphatic carbocycles. The van der Waals surface area contributed by atoms with Crippen LogP contribution in [0.15, 0.2) is 122 Å². The summed E-state index contributed by atoms with van der Waals surface area (Å²) < 4.78 is 37.4. The maximum absolute atomic E-state index is 12.6. The molecule has 0 aliphatic heterocycles. The van der Waals surface area contributed by atoms with Gasteiger partial charge in [-0.3, -0.25) is 0 Å². The summed E-state index contributed by atoms with van der Waals surface area (Å²) in [6, 6.07) is 25.9. The average molecular weight is 725 g/mol. The maximum Gasteiger partial charge on any atom is 0.343 e. The van der Waals surface area contributed by atoms with Gasteiger partial charge < -0.3 is 38.3 Å². The van der Waals surface area contributed by atoms with Crippen molar-refractivity contribution >= 4 is 23.9 Å². The molecule has 12 heteroatoms. The van der Waals surface area contributed by atoms with Crippen LogP contribution in [0.2, 0.25) is 0 Å². The fourth-order valence-electron chi connectivity index (χ4n) is 4.44. The van der Waals surface area contributed by atoms with Gasteiger partial charge in [0.25, 0.3) is 0 Å². The third kappa shape index (κ3) is 13.8. The van der Waals surface area contributed by atoms with E-state index in [1.165, 1.54) is 30.3 Å². The van der Waals surface area contributed by atoms with Gasteiger partial charge in [0.2, 0.25) is 0 Å². The van der Waals surface area contributed by atoms with Gasteiger partial charge in [-0.05, 0) is 96.6 Å². The molecule has 53 heavy (non-hydrogen) atoms. The molecule has 1 atom stereocenters. The van der Waals surface area contributed by atoms with Crippen LogP contribution in [0.4, 0.5) is 0 Å². The van der Waals surface area contributed by atoms with Crippen molar-refractivity contribution in [3.8, 4) is 23.0 Å². The summed E-state index contributed by atoms with van der Waals surface area (Å²) in [5.74, 6) is -0.372. The Morgan fingerprint density at radius 3 is 1.49 bits per heavy atom. The lowest BCUT2D eigenvalue weighted by Crippen LogP contribution is -2.11. The number of hydrogen-bond donors (Lipinski definition) is 1. The molecule has 276 valence electrons. The van der Waals surface area contributed by atoms with Gasteiger partial charge in [-0.25, -0.2) is 19.2 Å². The number of carbonyl (C=O) groups excluding carboxylic acids is 4. The molecule has 0 bridgehead atoms. The van der Waals surface area contributed by atoms with Crippen molar-refractivity contribution in [3.63, 3.8) is 0 Å². The van der Waals surface area contributed by atoms with Crippen LogP contribution in [0.1, 0.15) is 49.5 Å². The van der Waals surface area contributed by atoms with Crippen LogP contribution in [0.25, 0.3) is 0 Å². The molecule has 4 rings (SSSR count). The van der Waals surface area contributed by atoms with Crippen LogP contribution < -0.4 is 18.9 Å². The SMILES string of the molecule is C=CC(=O)OCCCOc1ccc(C(=O)Oc2ccc(C(=O)OCCc3ccc(OC(=O)c4ccc(OCCCOC(O)C=C)cc4)cc3)cc2)cc1. The average Bonchev–Trinajstić information content (AvgIpc) is 3.18. The number of aliphatic hydroxyl groups excluding tert-OH is 1. The van der Waals surface area contributed by atoms with Crippen molar-refractivity contribution in [1.29, 1.82) is 0 Å². The predicted molar refractivity (Wildman–Crippen MR) is 193 cm³/mol. The molecular weight excluding hydrogens is 684 g/mol. The van der Waals surface area contributed by atoms with E-state index in [1.54, 1.807) is 72.8 Å². The first-order valence-electron chi connectivity index (χ1n) is 16.7. The first kappa shape index (κ1) is 39.5. The summed E-state index contributed by atoms with van der Waals surface area (Å²) in [4.78, 5) is 48.8. The Kier molecular flexibility index (Phi) is 15.8. The normalized spacial score (nSPS) is 11.0. The Balaban J connectivity index is 1.13. The highest BCUT2D eigenvalue weighted by atomic mass is 16.6. The van der Waals surface area contributed by atoms with Crippen molar-refractivity contribution in [2.45, 2.75) is 25.6 Å². The molecule has 0 fully saturated rings. The van der Waals surface area contributed by atoms with Crippen molar-refractivity contribution < 1.29 is 57.4 Å². The second-order valence-corrected chi connectivity index (χ2v) is 11.2. The predicted octanol–water partition coefficient (Wildman–Crippen LogP) is 6.31. The lowest BCUT2D eigenvalue weighted by molar-refractivity contribution is -0.137.